The topological polar surface area (TPSA) is 81.0 Å². The van der Waals surface area contributed by atoms with E-state index in [-0.39, 0.29) is 11.6 Å². The zero-order valence-electron chi connectivity index (χ0n) is 13.7. The molecule has 1 aromatic carbocycles. The van der Waals surface area contributed by atoms with Crippen LogP contribution in [0.15, 0.2) is 35.4 Å². The van der Waals surface area contributed by atoms with Gasteiger partial charge in [-0.15, -0.1) is 0 Å². The molecule has 3 aromatic rings. The van der Waals surface area contributed by atoms with Gasteiger partial charge in [-0.3, -0.25) is 9.78 Å². The first-order chi connectivity index (χ1) is 11.5. The van der Waals surface area contributed by atoms with Gasteiger partial charge in [0.2, 0.25) is 0 Å². The maximum absolute atomic E-state index is 12.2. The molecule has 2 aromatic heterocycles. The Hall–Kier alpha value is -2.11. The highest BCUT2D eigenvalue weighted by atomic mass is 35.5. The first-order valence-corrected chi connectivity index (χ1v) is 8.31. The zero-order chi connectivity index (χ0) is 17.3. The van der Waals surface area contributed by atoms with E-state index >= 15 is 0 Å². The highest BCUT2D eigenvalue weighted by Gasteiger charge is 2.12. The Bertz CT molecular complexity index is 937. The molecule has 0 saturated carbocycles. The minimum atomic E-state index is -0.185. The van der Waals surface area contributed by atoms with Crippen molar-refractivity contribution in [1.29, 1.82) is 0 Å². The lowest BCUT2D eigenvalue weighted by Crippen LogP contribution is -2.29. The van der Waals surface area contributed by atoms with Crippen LogP contribution in [-0.2, 0) is 0 Å². The van der Waals surface area contributed by atoms with Crippen LogP contribution in [0.1, 0.15) is 20.3 Å². The predicted octanol–water partition coefficient (Wildman–Crippen LogP) is 3.48. The number of halogens is 1. The Labute approximate surface area is 144 Å². The van der Waals surface area contributed by atoms with Gasteiger partial charge in [-0.05, 0) is 29.9 Å². The van der Waals surface area contributed by atoms with E-state index in [1.165, 1.54) is 0 Å². The number of nitrogens with zero attached hydrogens (tertiary/aromatic N) is 1. The number of rotatable bonds is 5. The number of fused-ring (bicyclic) bond motifs is 3. The Morgan fingerprint density at radius 3 is 2.83 bits per heavy atom. The summed E-state index contributed by atoms with van der Waals surface area (Å²) >= 11 is 6.36. The van der Waals surface area contributed by atoms with Gasteiger partial charge in [0.1, 0.15) is 12.4 Å². The van der Waals surface area contributed by atoms with Crippen molar-refractivity contribution in [3.05, 3.63) is 46.0 Å². The molecule has 0 aliphatic rings. The van der Waals surface area contributed by atoms with Gasteiger partial charge in [0.15, 0.2) is 0 Å². The Kier molecular flexibility index (Phi) is 4.73. The summed E-state index contributed by atoms with van der Waals surface area (Å²) in [5.41, 5.74) is 6.54. The molecule has 6 heteroatoms. The average Bonchev–Trinajstić information content (AvgIpc) is 2.53. The second-order valence-electron chi connectivity index (χ2n) is 6.40. The summed E-state index contributed by atoms with van der Waals surface area (Å²) in [6, 6.07) is 5.31. The van der Waals surface area contributed by atoms with Gasteiger partial charge >= 0.3 is 0 Å². The lowest BCUT2D eigenvalue weighted by Gasteiger charge is -2.16. The smallest absolute Gasteiger partial charge is 0.257 e. The van der Waals surface area contributed by atoms with Gasteiger partial charge in [-0.1, -0.05) is 25.4 Å². The van der Waals surface area contributed by atoms with Gasteiger partial charge in [0.25, 0.3) is 5.56 Å². The molecular formula is C18H20ClN3O2. The summed E-state index contributed by atoms with van der Waals surface area (Å²) in [6.45, 7) is 4.62. The third-order valence-electron chi connectivity index (χ3n) is 3.90. The van der Waals surface area contributed by atoms with Crippen molar-refractivity contribution in [2.45, 2.75) is 26.3 Å². The fourth-order valence-corrected chi connectivity index (χ4v) is 3.08. The van der Waals surface area contributed by atoms with Crippen LogP contribution in [0.4, 0.5) is 0 Å². The molecule has 2 heterocycles. The molecule has 3 N–H and O–H groups in total. The van der Waals surface area contributed by atoms with Crippen molar-refractivity contribution in [3.63, 3.8) is 0 Å². The monoisotopic (exact) mass is 345 g/mol. The molecule has 0 bridgehead atoms. The van der Waals surface area contributed by atoms with E-state index in [0.29, 0.717) is 34.2 Å². The van der Waals surface area contributed by atoms with Crippen molar-refractivity contribution >= 4 is 33.3 Å². The van der Waals surface area contributed by atoms with Crippen molar-refractivity contribution < 1.29 is 4.74 Å². The molecule has 0 spiro atoms. The normalized spacial score (nSPS) is 12.9. The van der Waals surface area contributed by atoms with E-state index in [0.717, 1.165) is 17.2 Å². The number of pyridine rings is 2. The maximum Gasteiger partial charge on any atom is 0.257 e. The second-order valence-corrected chi connectivity index (χ2v) is 6.81. The number of ether oxygens (including phenoxy) is 1. The zero-order valence-corrected chi connectivity index (χ0v) is 14.4. The molecule has 1 atom stereocenters. The molecular weight excluding hydrogens is 326 g/mol. The first kappa shape index (κ1) is 16.7. The number of aromatic nitrogens is 2. The van der Waals surface area contributed by atoms with E-state index in [1.54, 1.807) is 24.5 Å². The Balaban J connectivity index is 1.98. The van der Waals surface area contributed by atoms with E-state index < -0.39 is 0 Å². The molecule has 24 heavy (non-hydrogen) atoms. The van der Waals surface area contributed by atoms with Gasteiger partial charge in [-0.2, -0.15) is 0 Å². The van der Waals surface area contributed by atoms with Crippen molar-refractivity contribution in [2.75, 3.05) is 6.61 Å². The second kappa shape index (κ2) is 6.79. The van der Waals surface area contributed by atoms with Gasteiger partial charge in [-0.25, -0.2) is 0 Å². The summed E-state index contributed by atoms with van der Waals surface area (Å²) in [5, 5.41) is 2.70. The highest BCUT2D eigenvalue weighted by Crippen LogP contribution is 2.32. The van der Waals surface area contributed by atoms with Crippen molar-refractivity contribution in [2.24, 2.45) is 11.7 Å². The standard InChI is InChI=1S/C18H20ClN3O2/c1-10(2)5-11(20)9-24-17-7-16-13(6-15(17)19)12-3-4-21-8-14(12)18(23)22-16/h3-4,6-8,10-11H,5,9,20H2,1-2H3,(H,22,23)/t11-/m0/s1. The molecule has 126 valence electrons. The number of aromatic amines is 1. The largest absolute Gasteiger partial charge is 0.490 e. The minimum Gasteiger partial charge on any atom is -0.490 e. The molecule has 0 aliphatic carbocycles. The number of benzene rings is 1. The van der Waals surface area contributed by atoms with Crippen LogP contribution >= 0.6 is 11.6 Å². The van der Waals surface area contributed by atoms with Crippen LogP contribution in [0.5, 0.6) is 5.75 Å². The van der Waals surface area contributed by atoms with Gasteiger partial charge in [0, 0.05) is 29.9 Å². The first-order valence-electron chi connectivity index (χ1n) is 7.93. The summed E-state index contributed by atoms with van der Waals surface area (Å²) in [5.74, 6) is 1.03. The molecule has 0 amide bonds. The number of H-pyrrole nitrogens is 1. The van der Waals surface area contributed by atoms with Gasteiger partial charge < -0.3 is 15.5 Å². The fourth-order valence-electron chi connectivity index (χ4n) is 2.86. The van der Waals surface area contributed by atoms with E-state index in [2.05, 4.69) is 23.8 Å². The lowest BCUT2D eigenvalue weighted by molar-refractivity contribution is 0.271. The third-order valence-corrected chi connectivity index (χ3v) is 4.20. The third kappa shape index (κ3) is 3.37. The van der Waals surface area contributed by atoms with Crippen LogP contribution in [0.25, 0.3) is 21.7 Å². The number of nitrogens with two attached hydrogens (primary N) is 1. The van der Waals surface area contributed by atoms with E-state index in [9.17, 15) is 4.79 Å². The molecule has 3 rings (SSSR count). The van der Waals surface area contributed by atoms with Crippen LogP contribution in [-0.4, -0.2) is 22.6 Å². The average molecular weight is 346 g/mol. The number of hydrogen-bond acceptors (Lipinski definition) is 4. The number of hydrogen-bond donors (Lipinski definition) is 2. The molecule has 0 radical (unpaired) electrons. The van der Waals surface area contributed by atoms with Crippen LogP contribution in [0.3, 0.4) is 0 Å². The van der Waals surface area contributed by atoms with E-state index in [4.69, 9.17) is 22.1 Å². The summed E-state index contributed by atoms with van der Waals surface area (Å²) in [7, 11) is 0. The van der Waals surface area contributed by atoms with Crippen molar-refractivity contribution in [1.82, 2.24) is 9.97 Å². The summed E-state index contributed by atoms with van der Waals surface area (Å²) < 4.78 is 5.77. The maximum atomic E-state index is 12.2. The quantitative estimate of drug-likeness (QED) is 0.694. The summed E-state index contributed by atoms with van der Waals surface area (Å²) in [4.78, 5) is 19.0. The fraction of sp³-hybridized carbons (Fsp3) is 0.333. The predicted molar refractivity (Wildman–Crippen MR) is 97.8 cm³/mol. The van der Waals surface area contributed by atoms with Crippen LogP contribution < -0.4 is 16.0 Å². The van der Waals surface area contributed by atoms with Crippen molar-refractivity contribution in [3.8, 4) is 5.75 Å². The molecule has 5 nitrogen and oxygen atoms in total. The Morgan fingerprint density at radius 2 is 2.08 bits per heavy atom. The van der Waals surface area contributed by atoms with Crippen LogP contribution in [0.2, 0.25) is 5.02 Å². The molecule has 0 unspecified atom stereocenters. The molecule has 0 saturated heterocycles. The highest BCUT2D eigenvalue weighted by molar-refractivity contribution is 6.33. The molecule has 0 aliphatic heterocycles. The number of nitrogens with one attached hydrogen (secondary N) is 1. The summed E-state index contributed by atoms with van der Waals surface area (Å²) in [6.07, 6.45) is 4.08. The van der Waals surface area contributed by atoms with Gasteiger partial charge in [0.05, 0.1) is 15.9 Å². The lowest BCUT2D eigenvalue weighted by atomic mass is 10.1. The SMILES string of the molecule is CC(C)C[C@H](N)COc1cc2[nH]c(=O)c3cnccc3c2cc1Cl. The van der Waals surface area contributed by atoms with E-state index in [1.807, 2.05) is 6.07 Å². The van der Waals surface area contributed by atoms with Crippen LogP contribution in [0, 0.1) is 5.92 Å². The molecule has 0 fully saturated rings. The Morgan fingerprint density at radius 1 is 1.29 bits per heavy atom. The minimum absolute atomic E-state index is 0.0570.